The molecular weight excluding hydrogens is 250 g/mol. The molecule has 0 aromatic carbocycles. The summed E-state index contributed by atoms with van der Waals surface area (Å²) in [7, 11) is 0. The Bertz CT molecular complexity index is 264. The van der Waals surface area contributed by atoms with Gasteiger partial charge in [0.1, 0.15) is 5.72 Å². The van der Waals surface area contributed by atoms with Crippen molar-refractivity contribution in [2.24, 2.45) is 0 Å². The van der Waals surface area contributed by atoms with Crippen LogP contribution in [0.2, 0.25) is 0 Å². The Hall–Kier alpha value is -0.120. The molecular formula is C17H33NO2. The average molecular weight is 283 g/mol. The van der Waals surface area contributed by atoms with Crippen LogP contribution in [0.25, 0.3) is 0 Å². The second-order valence-corrected chi connectivity index (χ2v) is 6.77. The topological polar surface area (TPSA) is 41.5 Å². The number of aliphatic hydroxyl groups is 1. The summed E-state index contributed by atoms with van der Waals surface area (Å²) in [5.74, 6) is 0. The van der Waals surface area contributed by atoms with Crippen LogP contribution in [-0.2, 0) is 4.74 Å². The number of unbranched alkanes of at least 4 members (excludes halogenated alkanes) is 5. The second kappa shape index (κ2) is 8.35. The van der Waals surface area contributed by atoms with Crippen LogP contribution in [0.3, 0.4) is 0 Å². The van der Waals surface area contributed by atoms with Crippen LogP contribution < -0.4 is 5.32 Å². The summed E-state index contributed by atoms with van der Waals surface area (Å²) in [4.78, 5) is 0. The van der Waals surface area contributed by atoms with Crippen LogP contribution in [0.1, 0.15) is 84.0 Å². The van der Waals surface area contributed by atoms with Gasteiger partial charge in [0.2, 0.25) is 0 Å². The molecule has 3 atom stereocenters. The minimum absolute atomic E-state index is 0.181. The molecule has 0 aromatic rings. The highest BCUT2D eigenvalue weighted by Gasteiger charge is 2.41. The molecule has 3 nitrogen and oxygen atoms in total. The van der Waals surface area contributed by atoms with Crippen molar-refractivity contribution in [1.29, 1.82) is 0 Å². The summed E-state index contributed by atoms with van der Waals surface area (Å²) in [6, 6.07) is 0. The van der Waals surface area contributed by atoms with Gasteiger partial charge in [-0.3, -0.25) is 5.32 Å². The minimum Gasteiger partial charge on any atom is -0.393 e. The molecule has 2 aliphatic heterocycles. The standard InChI is InChI=1S/C17H33NO2/c1-2-3-4-5-6-7-10-16-13-15(19)14-17(20-16)11-8-9-12-18-17/h15-16,18-19H,2-14H2,1H3/t15-,16-,17+/m1/s1. The lowest BCUT2D eigenvalue weighted by molar-refractivity contribution is -0.189. The Morgan fingerprint density at radius 3 is 2.70 bits per heavy atom. The Kier molecular flexibility index (Phi) is 6.79. The summed E-state index contributed by atoms with van der Waals surface area (Å²) >= 11 is 0. The summed E-state index contributed by atoms with van der Waals surface area (Å²) in [6.07, 6.45) is 14.3. The van der Waals surface area contributed by atoms with Gasteiger partial charge in [-0.2, -0.15) is 0 Å². The van der Waals surface area contributed by atoms with Crippen molar-refractivity contribution in [3.05, 3.63) is 0 Å². The molecule has 2 heterocycles. The minimum atomic E-state index is -0.206. The molecule has 2 fully saturated rings. The molecule has 0 aliphatic carbocycles. The summed E-state index contributed by atoms with van der Waals surface area (Å²) in [5, 5.41) is 13.7. The van der Waals surface area contributed by atoms with Crippen LogP contribution >= 0.6 is 0 Å². The number of aliphatic hydroxyl groups excluding tert-OH is 1. The first kappa shape index (κ1) is 16.3. The molecule has 0 unspecified atom stereocenters. The Balaban J connectivity index is 1.68. The van der Waals surface area contributed by atoms with Gasteiger partial charge in [-0.15, -0.1) is 0 Å². The van der Waals surface area contributed by atoms with E-state index in [9.17, 15) is 5.11 Å². The normalized spacial score (nSPS) is 34.5. The average Bonchev–Trinajstić information content (AvgIpc) is 2.42. The zero-order valence-corrected chi connectivity index (χ0v) is 13.2. The first-order valence-electron chi connectivity index (χ1n) is 8.85. The number of nitrogens with one attached hydrogen (secondary N) is 1. The number of piperidine rings is 1. The van der Waals surface area contributed by atoms with E-state index in [0.717, 1.165) is 32.2 Å². The van der Waals surface area contributed by atoms with Crippen molar-refractivity contribution in [2.45, 2.75) is 102 Å². The van der Waals surface area contributed by atoms with Gasteiger partial charge in [0.15, 0.2) is 0 Å². The van der Waals surface area contributed by atoms with Crippen LogP contribution in [0.15, 0.2) is 0 Å². The molecule has 2 saturated heterocycles. The molecule has 0 amide bonds. The zero-order chi connectivity index (χ0) is 14.3. The van der Waals surface area contributed by atoms with Gasteiger partial charge in [-0.25, -0.2) is 0 Å². The van der Waals surface area contributed by atoms with Gasteiger partial charge < -0.3 is 9.84 Å². The van der Waals surface area contributed by atoms with Gasteiger partial charge in [0, 0.05) is 6.42 Å². The molecule has 118 valence electrons. The molecule has 2 aliphatic rings. The SMILES string of the molecule is CCCCCCCC[C@@H]1C[C@@H](O)C[C@]2(CCCCN2)O1. The Morgan fingerprint density at radius 2 is 1.95 bits per heavy atom. The number of ether oxygens (including phenoxy) is 1. The van der Waals surface area contributed by atoms with E-state index >= 15 is 0 Å². The van der Waals surface area contributed by atoms with Gasteiger partial charge in [0.05, 0.1) is 12.2 Å². The molecule has 3 heteroatoms. The van der Waals surface area contributed by atoms with Crippen LogP contribution in [0.4, 0.5) is 0 Å². The monoisotopic (exact) mass is 283 g/mol. The lowest BCUT2D eigenvalue weighted by Gasteiger charge is -2.46. The Labute approximate surface area is 124 Å². The van der Waals surface area contributed by atoms with E-state index < -0.39 is 0 Å². The third-order valence-corrected chi connectivity index (χ3v) is 4.83. The van der Waals surface area contributed by atoms with E-state index in [1.165, 1.54) is 51.4 Å². The molecule has 20 heavy (non-hydrogen) atoms. The quantitative estimate of drug-likeness (QED) is 0.699. The van der Waals surface area contributed by atoms with E-state index in [0.29, 0.717) is 0 Å². The number of hydrogen-bond acceptors (Lipinski definition) is 3. The maximum atomic E-state index is 10.1. The summed E-state index contributed by atoms with van der Waals surface area (Å²) in [6.45, 7) is 3.30. The molecule has 0 saturated carbocycles. The fourth-order valence-electron chi connectivity index (χ4n) is 3.73. The van der Waals surface area contributed by atoms with Gasteiger partial charge in [0.25, 0.3) is 0 Å². The van der Waals surface area contributed by atoms with Crippen molar-refractivity contribution < 1.29 is 9.84 Å². The third-order valence-electron chi connectivity index (χ3n) is 4.83. The summed E-state index contributed by atoms with van der Waals surface area (Å²) < 4.78 is 6.34. The van der Waals surface area contributed by atoms with E-state index in [4.69, 9.17) is 4.74 Å². The lowest BCUT2D eigenvalue weighted by Crippen LogP contribution is -2.57. The van der Waals surface area contributed by atoms with Crippen molar-refractivity contribution in [1.82, 2.24) is 5.32 Å². The molecule has 1 spiro atoms. The zero-order valence-electron chi connectivity index (χ0n) is 13.2. The predicted octanol–water partition coefficient (Wildman–Crippen LogP) is 3.75. The first-order chi connectivity index (χ1) is 9.74. The predicted molar refractivity (Wildman–Crippen MR) is 82.7 cm³/mol. The fourth-order valence-corrected chi connectivity index (χ4v) is 3.73. The van der Waals surface area contributed by atoms with Crippen LogP contribution in [0, 0.1) is 0 Å². The molecule has 0 bridgehead atoms. The van der Waals surface area contributed by atoms with Crippen LogP contribution in [-0.4, -0.2) is 29.6 Å². The highest BCUT2D eigenvalue weighted by molar-refractivity contribution is 4.90. The third kappa shape index (κ3) is 5.01. The van der Waals surface area contributed by atoms with Crippen molar-refractivity contribution >= 4 is 0 Å². The van der Waals surface area contributed by atoms with E-state index in [1.807, 2.05) is 0 Å². The number of hydrogen-bond donors (Lipinski definition) is 2. The molecule has 2 N–H and O–H groups in total. The lowest BCUT2D eigenvalue weighted by atomic mass is 9.88. The second-order valence-electron chi connectivity index (χ2n) is 6.77. The first-order valence-corrected chi connectivity index (χ1v) is 8.85. The highest BCUT2D eigenvalue weighted by Crippen LogP contribution is 2.35. The van der Waals surface area contributed by atoms with Gasteiger partial charge >= 0.3 is 0 Å². The highest BCUT2D eigenvalue weighted by atomic mass is 16.5. The number of rotatable bonds is 7. The fraction of sp³-hybridized carbons (Fsp3) is 1.00. The maximum absolute atomic E-state index is 10.1. The smallest absolute Gasteiger partial charge is 0.122 e. The van der Waals surface area contributed by atoms with Gasteiger partial charge in [-0.1, -0.05) is 45.4 Å². The summed E-state index contributed by atoms with van der Waals surface area (Å²) in [5.41, 5.74) is -0.206. The largest absolute Gasteiger partial charge is 0.393 e. The van der Waals surface area contributed by atoms with E-state index in [-0.39, 0.29) is 17.9 Å². The molecule has 0 aromatic heterocycles. The van der Waals surface area contributed by atoms with Crippen molar-refractivity contribution in [3.8, 4) is 0 Å². The van der Waals surface area contributed by atoms with Gasteiger partial charge in [-0.05, 0) is 38.6 Å². The maximum Gasteiger partial charge on any atom is 0.122 e. The van der Waals surface area contributed by atoms with Crippen molar-refractivity contribution in [3.63, 3.8) is 0 Å². The van der Waals surface area contributed by atoms with E-state index in [2.05, 4.69) is 12.2 Å². The Morgan fingerprint density at radius 1 is 1.15 bits per heavy atom. The van der Waals surface area contributed by atoms with E-state index in [1.54, 1.807) is 0 Å². The molecule has 2 rings (SSSR count). The molecule has 0 radical (unpaired) electrons. The van der Waals surface area contributed by atoms with Crippen molar-refractivity contribution in [2.75, 3.05) is 6.54 Å². The van der Waals surface area contributed by atoms with Crippen LogP contribution in [0.5, 0.6) is 0 Å².